The number of aromatic nitrogens is 2. The third-order valence-corrected chi connectivity index (χ3v) is 3.70. The van der Waals surface area contributed by atoms with E-state index in [-0.39, 0.29) is 11.9 Å². The number of anilines is 2. The van der Waals surface area contributed by atoms with E-state index in [9.17, 15) is 4.79 Å². The van der Waals surface area contributed by atoms with Crippen LogP contribution in [0.1, 0.15) is 47.6 Å². The van der Waals surface area contributed by atoms with Gasteiger partial charge in [-0.25, -0.2) is 9.97 Å². The Morgan fingerprint density at radius 3 is 2.57 bits per heavy atom. The highest BCUT2D eigenvalue weighted by atomic mass is 16.1. The van der Waals surface area contributed by atoms with E-state index in [1.54, 1.807) is 6.07 Å². The smallest absolute Gasteiger partial charge is 0.274 e. The summed E-state index contributed by atoms with van der Waals surface area (Å²) in [5.41, 5.74) is 4.12. The lowest BCUT2D eigenvalue weighted by Gasteiger charge is -2.13. The van der Waals surface area contributed by atoms with Crippen molar-refractivity contribution in [2.75, 3.05) is 10.6 Å². The Kier molecular flexibility index (Phi) is 5.32. The van der Waals surface area contributed by atoms with Crippen LogP contribution < -0.4 is 10.6 Å². The van der Waals surface area contributed by atoms with Gasteiger partial charge in [-0.2, -0.15) is 0 Å². The molecule has 0 aliphatic carbocycles. The van der Waals surface area contributed by atoms with E-state index < -0.39 is 0 Å². The zero-order valence-corrected chi connectivity index (χ0v) is 14.4. The molecule has 0 radical (unpaired) electrons. The second-order valence-electron chi connectivity index (χ2n) is 5.94. The molecule has 1 heterocycles. The minimum absolute atomic E-state index is 0.227. The van der Waals surface area contributed by atoms with Crippen molar-refractivity contribution in [3.8, 4) is 0 Å². The van der Waals surface area contributed by atoms with Gasteiger partial charge in [0.15, 0.2) is 0 Å². The summed E-state index contributed by atoms with van der Waals surface area (Å²) >= 11 is 0. The van der Waals surface area contributed by atoms with Gasteiger partial charge in [0.05, 0.1) is 0 Å². The Morgan fingerprint density at radius 2 is 1.91 bits per heavy atom. The molecule has 0 bridgehead atoms. The third kappa shape index (κ3) is 4.52. The van der Waals surface area contributed by atoms with Gasteiger partial charge in [-0.3, -0.25) is 4.79 Å². The minimum atomic E-state index is -0.227. The van der Waals surface area contributed by atoms with Crippen molar-refractivity contribution in [2.24, 2.45) is 0 Å². The summed E-state index contributed by atoms with van der Waals surface area (Å²) in [4.78, 5) is 21.2. The van der Waals surface area contributed by atoms with Crippen LogP contribution in [0.25, 0.3) is 0 Å². The zero-order valence-electron chi connectivity index (χ0n) is 14.4. The van der Waals surface area contributed by atoms with Gasteiger partial charge in [0.1, 0.15) is 5.69 Å². The summed E-state index contributed by atoms with van der Waals surface area (Å²) in [5.74, 6) is 0.264. The standard InChI is InChI=1S/C18H24N4O/c1-6-13(4)19-18-20-14(5)10-16(22-18)17(23)21-15-8-7-11(2)9-12(15)3/h7-10,13H,6H2,1-5H3,(H,21,23)(H,19,20,22). The number of benzene rings is 1. The van der Waals surface area contributed by atoms with E-state index in [1.807, 2.05) is 39.0 Å². The van der Waals surface area contributed by atoms with E-state index in [1.165, 1.54) is 5.56 Å². The van der Waals surface area contributed by atoms with Crippen LogP contribution in [-0.2, 0) is 0 Å². The van der Waals surface area contributed by atoms with Crippen molar-refractivity contribution >= 4 is 17.5 Å². The minimum Gasteiger partial charge on any atom is -0.352 e. The molecule has 5 heteroatoms. The molecule has 2 rings (SSSR count). The Morgan fingerprint density at radius 1 is 1.17 bits per heavy atom. The fraction of sp³-hybridized carbons (Fsp3) is 0.389. The molecule has 0 spiro atoms. The second kappa shape index (κ2) is 7.22. The predicted octanol–water partition coefficient (Wildman–Crippen LogP) is 3.86. The molecule has 2 aromatic rings. The van der Waals surface area contributed by atoms with Crippen molar-refractivity contribution in [3.63, 3.8) is 0 Å². The first-order chi connectivity index (χ1) is 10.9. The highest BCUT2D eigenvalue weighted by Crippen LogP contribution is 2.17. The normalized spacial score (nSPS) is 11.9. The lowest BCUT2D eigenvalue weighted by atomic mass is 10.1. The number of hydrogen-bond donors (Lipinski definition) is 2. The number of hydrogen-bond acceptors (Lipinski definition) is 4. The van der Waals surface area contributed by atoms with Gasteiger partial charge in [0.25, 0.3) is 5.91 Å². The van der Waals surface area contributed by atoms with Gasteiger partial charge in [-0.15, -0.1) is 0 Å². The SMILES string of the molecule is CCC(C)Nc1nc(C)cc(C(=O)Nc2ccc(C)cc2C)n1. The van der Waals surface area contributed by atoms with E-state index in [4.69, 9.17) is 0 Å². The van der Waals surface area contributed by atoms with E-state index in [0.717, 1.165) is 23.4 Å². The first-order valence-electron chi connectivity index (χ1n) is 7.90. The second-order valence-corrected chi connectivity index (χ2v) is 5.94. The van der Waals surface area contributed by atoms with Crippen molar-refractivity contribution in [3.05, 3.63) is 46.8 Å². The molecule has 0 aliphatic rings. The number of nitrogens with zero attached hydrogens (tertiary/aromatic N) is 2. The van der Waals surface area contributed by atoms with Gasteiger partial charge in [0.2, 0.25) is 5.95 Å². The molecule has 0 saturated heterocycles. The number of carbonyl (C=O) groups excluding carboxylic acids is 1. The molecule has 2 N–H and O–H groups in total. The zero-order chi connectivity index (χ0) is 17.0. The van der Waals surface area contributed by atoms with Crippen LogP contribution in [0.4, 0.5) is 11.6 Å². The Labute approximate surface area is 137 Å². The number of carbonyl (C=O) groups is 1. The largest absolute Gasteiger partial charge is 0.352 e. The van der Waals surface area contributed by atoms with E-state index in [2.05, 4.69) is 34.4 Å². The molecule has 0 aliphatic heterocycles. The number of rotatable bonds is 5. The molecule has 122 valence electrons. The molecule has 1 unspecified atom stereocenters. The molecule has 0 saturated carbocycles. The summed E-state index contributed by atoms with van der Waals surface area (Å²) in [6.07, 6.45) is 0.960. The third-order valence-electron chi connectivity index (χ3n) is 3.70. The number of amides is 1. The van der Waals surface area contributed by atoms with Gasteiger partial charge in [-0.05, 0) is 51.8 Å². The van der Waals surface area contributed by atoms with Crippen molar-refractivity contribution < 1.29 is 4.79 Å². The highest BCUT2D eigenvalue weighted by Gasteiger charge is 2.13. The fourth-order valence-electron chi connectivity index (χ4n) is 2.21. The quantitative estimate of drug-likeness (QED) is 0.879. The fourth-order valence-corrected chi connectivity index (χ4v) is 2.21. The molecule has 1 aromatic heterocycles. The first-order valence-corrected chi connectivity index (χ1v) is 7.90. The Bertz CT molecular complexity index is 712. The lowest BCUT2D eigenvalue weighted by Crippen LogP contribution is -2.20. The van der Waals surface area contributed by atoms with Crippen LogP contribution in [0.2, 0.25) is 0 Å². The maximum atomic E-state index is 12.5. The van der Waals surface area contributed by atoms with Crippen LogP contribution in [0.15, 0.2) is 24.3 Å². The predicted molar refractivity (Wildman–Crippen MR) is 94.0 cm³/mol. The molecular weight excluding hydrogens is 288 g/mol. The first kappa shape index (κ1) is 16.9. The van der Waals surface area contributed by atoms with Crippen LogP contribution in [0.5, 0.6) is 0 Å². The topological polar surface area (TPSA) is 66.9 Å². The molecule has 23 heavy (non-hydrogen) atoms. The Hall–Kier alpha value is -2.43. The monoisotopic (exact) mass is 312 g/mol. The van der Waals surface area contributed by atoms with Gasteiger partial charge < -0.3 is 10.6 Å². The average molecular weight is 312 g/mol. The maximum Gasteiger partial charge on any atom is 0.274 e. The molecule has 1 aromatic carbocycles. The van der Waals surface area contributed by atoms with Crippen molar-refractivity contribution in [1.29, 1.82) is 0 Å². The summed E-state index contributed by atoms with van der Waals surface area (Å²) in [6.45, 7) is 10.0. The molecular formula is C18H24N4O. The molecule has 1 amide bonds. The summed E-state index contributed by atoms with van der Waals surface area (Å²) < 4.78 is 0. The highest BCUT2D eigenvalue weighted by molar-refractivity contribution is 6.03. The van der Waals surface area contributed by atoms with Gasteiger partial charge in [0, 0.05) is 17.4 Å². The van der Waals surface area contributed by atoms with Gasteiger partial charge in [-0.1, -0.05) is 24.6 Å². The van der Waals surface area contributed by atoms with Crippen LogP contribution in [-0.4, -0.2) is 21.9 Å². The van der Waals surface area contributed by atoms with E-state index >= 15 is 0 Å². The Balaban J connectivity index is 2.21. The van der Waals surface area contributed by atoms with E-state index in [0.29, 0.717) is 11.6 Å². The summed E-state index contributed by atoms with van der Waals surface area (Å²) in [7, 11) is 0. The summed E-state index contributed by atoms with van der Waals surface area (Å²) in [5, 5.41) is 6.13. The average Bonchev–Trinajstić information content (AvgIpc) is 2.49. The number of nitrogens with one attached hydrogen (secondary N) is 2. The van der Waals surface area contributed by atoms with Crippen LogP contribution in [0, 0.1) is 20.8 Å². The van der Waals surface area contributed by atoms with Crippen molar-refractivity contribution in [1.82, 2.24) is 9.97 Å². The maximum absolute atomic E-state index is 12.5. The molecule has 5 nitrogen and oxygen atoms in total. The van der Waals surface area contributed by atoms with Crippen LogP contribution >= 0.6 is 0 Å². The molecule has 1 atom stereocenters. The van der Waals surface area contributed by atoms with Crippen molar-refractivity contribution in [2.45, 2.75) is 47.1 Å². The number of aryl methyl sites for hydroxylation is 3. The summed E-state index contributed by atoms with van der Waals surface area (Å²) in [6, 6.07) is 7.88. The lowest BCUT2D eigenvalue weighted by molar-refractivity contribution is 0.102. The van der Waals surface area contributed by atoms with Crippen LogP contribution in [0.3, 0.4) is 0 Å². The molecule has 0 fully saturated rings. The van der Waals surface area contributed by atoms with Gasteiger partial charge >= 0.3 is 0 Å².